The smallest absolute Gasteiger partial charge is 0.338 e. The minimum Gasteiger partial charge on any atom is -0.462 e. The molecule has 1 N–H and O–H groups in total. The fourth-order valence-corrected chi connectivity index (χ4v) is 2.95. The molecule has 1 aliphatic heterocycles. The van der Waals surface area contributed by atoms with Gasteiger partial charge in [0, 0.05) is 24.8 Å². The van der Waals surface area contributed by atoms with Gasteiger partial charge in [-0.25, -0.2) is 4.79 Å². The molecule has 0 aliphatic carbocycles. The van der Waals surface area contributed by atoms with Crippen molar-refractivity contribution in [3.8, 4) is 0 Å². The van der Waals surface area contributed by atoms with Crippen molar-refractivity contribution in [1.29, 1.82) is 0 Å². The zero-order valence-corrected chi connectivity index (χ0v) is 15.1. The summed E-state index contributed by atoms with van der Waals surface area (Å²) in [5.41, 5.74) is 1.85. The first-order chi connectivity index (χ1) is 13.1. The highest BCUT2D eigenvalue weighted by molar-refractivity contribution is 6.00. The maximum Gasteiger partial charge on any atom is 0.338 e. The first-order valence-electron chi connectivity index (χ1n) is 8.83. The summed E-state index contributed by atoms with van der Waals surface area (Å²) in [6.07, 6.45) is 1.83. The van der Waals surface area contributed by atoms with E-state index in [2.05, 4.69) is 10.3 Å². The summed E-state index contributed by atoms with van der Waals surface area (Å²) in [7, 11) is 0. The summed E-state index contributed by atoms with van der Waals surface area (Å²) in [5, 5.41) is 2.83. The third kappa shape index (κ3) is 4.49. The topological polar surface area (TPSA) is 88.6 Å². The van der Waals surface area contributed by atoms with Crippen molar-refractivity contribution in [2.45, 2.75) is 19.9 Å². The minimum atomic E-state index is -0.411. The Bertz CT molecular complexity index is 821. The average molecular weight is 367 g/mol. The van der Waals surface area contributed by atoms with E-state index in [-0.39, 0.29) is 18.2 Å². The maximum absolute atomic E-state index is 12.4. The molecule has 2 heterocycles. The molecule has 0 saturated carbocycles. The summed E-state index contributed by atoms with van der Waals surface area (Å²) >= 11 is 0. The molecule has 1 fully saturated rings. The number of nitrogens with one attached hydrogen (secondary N) is 1. The Morgan fingerprint density at radius 3 is 2.67 bits per heavy atom. The minimum absolute atomic E-state index is 0.114. The molecule has 1 atom stereocenters. The van der Waals surface area contributed by atoms with E-state index in [9.17, 15) is 14.4 Å². The lowest BCUT2D eigenvalue weighted by Crippen LogP contribution is -2.32. The van der Waals surface area contributed by atoms with Gasteiger partial charge < -0.3 is 15.0 Å². The first-order valence-corrected chi connectivity index (χ1v) is 8.83. The number of aromatic nitrogens is 1. The maximum atomic E-state index is 12.4. The Morgan fingerprint density at radius 2 is 2.00 bits per heavy atom. The van der Waals surface area contributed by atoms with Crippen LogP contribution in [0.3, 0.4) is 0 Å². The van der Waals surface area contributed by atoms with Crippen LogP contribution in [0.2, 0.25) is 0 Å². The molecule has 7 nitrogen and oxygen atoms in total. The zero-order valence-electron chi connectivity index (χ0n) is 15.1. The van der Waals surface area contributed by atoms with E-state index in [0.717, 1.165) is 5.69 Å². The summed E-state index contributed by atoms with van der Waals surface area (Å²) in [6.45, 7) is 2.69. The Hall–Kier alpha value is -3.22. The summed E-state index contributed by atoms with van der Waals surface area (Å²) < 4.78 is 4.95. The molecule has 2 amide bonds. The Labute approximate surface area is 157 Å². The van der Waals surface area contributed by atoms with Gasteiger partial charge in [0.05, 0.1) is 30.3 Å². The van der Waals surface area contributed by atoms with Crippen molar-refractivity contribution in [2.75, 3.05) is 18.1 Å². The molecule has 140 valence electrons. The van der Waals surface area contributed by atoms with Gasteiger partial charge in [-0.3, -0.25) is 14.6 Å². The fraction of sp³-hybridized carbons (Fsp3) is 0.300. The van der Waals surface area contributed by atoms with Gasteiger partial charge in [-0.2, -0.15) is 0 Å². The van der Waals surface area contributed by atoms with Crippen molar-refractivity contribution < 1.29 is 19.1 Å². The van der Waals surface area contributed by atoms with Crippen LogP contribution in [0.15, 0.2) is 48.7 Å². The van der Waals surface area contributed by atoms with Crippen LogP contribution in [-0.2, 0) is 20.9 Å². The van der Waals surface area contributed by atoms with Gasteiger partial charge in [0.2, 0.25) is 11.8 Å². The highest BCUT2D eigenvalue weighted by atomic mass is 16.5. The normalized spacial score (nSPS) is 16.3. The molecule has 3 rings (SSSR count). The van der Waals surface area contributed by atoms with Gasteiger partial charge >= 0.3 is 5.97 Å². The van der Waals surface area contributed by atoms with Gasteiger partial charge in [-0.05, 0) is 43.3 Å². The zero-order chi connectivity index (χ0) is 19.2. The van der Waals surface area contributed by atoms with E-state index in [1.807, 2.05) is 18.2 Å². The number of pyridine rings is 1. The molecular formula is C20H21N3O4. The number of hydrogen-bond donors (Lipinski definition) is 1. The Balaban J connectivity index is 1.59. The van der Waals surface area contributed by atoms with Crippen LogP contribution in [0, 0.1) is 5.92 Å². The van der Waals surface area contributed by atoms with Crippen molar-refractivity contribution in [1.82, 2.24) is 10.3 Å². The number of esters is 1. The van der Waals surface area contributed by atoms with E-state index < -0.39 is 11.9 Å². The highest BCUT2D eigenvalue weighted by Crippen LogP contribution is 2.25. The number of hydrogen-bond acceptors (Lipinski definition) is 5. The average Bonchev–Trinajstić information content (AvgIpc) is 3.09. The van der Waals surface area contributed by atoms with Crippen molar-refractivity contribution >= 4 is 23.5 Å². The Morgan fingerprint density at radius 1 is 1.22 bits per heavy atom. The van der Waals surface area contributed by atoms with E-state index in [0.29, 0.717) is 30.9 Å². The predicted molar refractivity (Wildman–Crippen MR) is 98.9 cm³/mol. The van der Waals surface area contributed by atoms with E-state index in [1.165, 1.54) is 0 Å². The number of carbonyl (C=O) groups excluding carboxylic acids is 3. The second-order valence-electron chi connectivity index (χ2n) is 6.21. The number of benzene rings is 1. The second-order valence-corrected chi connectivity index (χ2v) is 6.21. The monoisotopic (exact) mass is 367 g/mol. The van der Waals surface area contributed by atoms with Gasteiger partial charge in [0.15, 0.2) is 0 Å². The van der Waals surface area contributed by atoms with Crippen LogP contribution in [0.25, 0.3) is 0 Å². The number of rotatable bonds is 6. The summed E-state index contributed by atoms with van der Waals surface area (Å²) in [4.78, 5) is 42.1. The molecule has 0 spiro atoms. The molecule has 1 saturated heterocycles. The van der Waals surface area contributed by atoms with Gasteiger partial charge in [0.25, 0.3) is 0 Å². The number of anilines is 1. The third-order valence-electron chi connectivity index (χ3n) is 4.36. The van der Waals surface area contributed by atoms with Crippen LogP contribution in [-0.4, -0.2) is 35.9 Å². The molecule has 0 radical (unpaired) electrons. The van der Waals surface area contributed by atoms with Crippen molar-refractivity contribution in [2.24, 2.45) is 5.92 Å². The lowest BCUT2D eigenvalue weighted by Gasteiger charge is -2.17. The largest absolute Gasteiger partial charge is 0.462 e. The lowest BCUT2D eigenvalue weighted by molar-refractivity contribution is -0.126. The van der Waals surface area contributed by atoms with Crippen LogP contribution in [0.1, 0.15) is 29.4 Å². The quantitative estimate of drug-likeness (QED) is 0.788. The van der Waals surface area contributed by atoms with Crippen LogP contribution in [0.5, 0.6) is 0 Å². The number of amides is 2. The predicted octanol–water partition coefficient (Wildman–Crippen LogP) is 1.93. The molecular weight excluding hydrogens is 346 g/mol. The molecule has 1 aliphatic rings. The number of nitrogens with zero attached hydrogens (tertiary/aromatic N) is 2. The molecule has 7 heteroatoms. The molecule has 0 bridgehead atoms. The molecule has 0 unspecified atom stereocenters. The molecule has 27 heavy (non-hydrogen) atoms. The molecule has 2 aromatic rings. The third-order valence-corrected chi connectivity index (χ3v) is 4.36. The Kier molecular flexibility index (Phi) is 5.80. The number of ether oxygens (including phenoxy) is 1. The second kappa shape index (κ2) is 8.44. The van der Waals surface area contributed by atoms with Crippen molar-refractivity contribution in [3.63, 3.8) is 0 Å². The lowest BCUT2D eigenvalue weighted by atomic mass is 10.1. The van der Waals surface area contributed by atoms with Gasteiger partial charge in [0.1, 0.15) is 0 Å². The van der Waals surface area contributed by atoms with Crippen LogP contribution < -0.4 is 10.2 Å². The molecule has 1 aromatic carbocycles. The SMILES string of the molecule is CCOC(=O)c1ccc(N2C[C@@H](C(=O)NCc3ccccn3)CC2=O)cc1. The van der Waals surface area contributed by atoms with Crippen LogP contribution >= 0.6 is 0 Å². The van der Waals surface area contributed by atoms with Gasteiger partial charge in [-0.1, -0.05) is 6.07 Å². The summed E-state index contributed by atoms with van der Waals surface area (Å²) in [6, 6.07) is 12.1. The first kappa shape index (κ1) is 18.6. The van der Waals surface area contributed by atoms with E-state index in [1.54, 1.807) is 42.3 Å². The van der Waals surface area contributed by atoms with Gasteiger partial charge in [-0.15, -0.1) is 0 Å². The van der Waals surface area contributed by atoms with Crippen LogP contribution in [0.4, 0.5) is 5.69 Å². The van der Waals surface area contributed by atoms with E-state index in [4.69, 9.17) is 4.74 Å². The molecule has 1 aromatic heterocycles. The number of carbonyl (C=O) groups is 3. The standard InChI is InChI=1S/C20H21N3O4/c1-2-27-20(26)14-6-8-17(9-7-14)23-13-15(11-18(23)24)19(25)22-12-16-5-3-4-10-21-16/h3-10,15H,2,11-13H2,1H3,(H,22,25)/t15-/m0/s1. The van der Waals surface area contributed by atoms with Crippen molar-refractivity contribution in [3.05, 3.63) is 59.9 Å². The fourth-order valence-electron chi connectivity index (χ4n) is 2.95. The summed E-state index contributed by atoms with van der Waals surface area (Å²) in [5.74, 6) is -1.09. The highest BCUT2D eigenvalue weighted by Gasteiger charge is 2.35. The van der Waals surface area contributed by atoms with E-state index >= 15 is 0 Å².